The third-order valence-corrected chi connectivity index (χ3v) is 3.54. The summed E-state index contributed by atoms with van der Waals surface area (Å²) in [5.74, 6) is 1.73. The molecule has 108 valence electrons. The summed E-state index contributed by atoms with van der Waals surface area (Å²) in [5.41, 5.74) is 1.06. The molecule has 1 aromatic carbocycles. The van der Waals surface area contributed by atoms with Crippen molar-refractivity contribution in [3.05, 3.63) is 40.9 Å². The number of hydrogen-bond donors (Lipinski definition) is 1. The second-order valence-corrected chi connectivity index (χ2v) is 4.86. The molecule has 1 aromatic heterocycles. The van der Waals surface area contributed by atoms with Gasteiger partial charge < -0.3 is 10.1 Å². The van der Waals surface area contributed by atoms with E-state index in [9.17, 15) is 0 Å². The minimum absolute atomic E-state index is 0.0942. The Balaban J connectivity index is 2.28. The van der Waals surface area contributed by atoms with Gasteiger partial charge in [-0.3, -0.25) is 4.68 Å². The largest absolute Gasteiger partial charge is 0.496 e. The molecule has 0 aliphatic carbocycles. The Morgan fingerprint density at radius 3 is 2.90 bits per heavy atom. The van der Waals surface area contributed by atoms with Gasteiger partial charge in [0.05, 0.1) is 7.11 Å². The third-order valence-electron chi connectivity index (χ3n) is 3.30. The molecule has 0 saturated heterocycles. The van der Waals surface area contributed by atoms with Crippen LogP contribution in [0.5, 0.6) is 5.75 Å². The summed E-state index contributed by atoms with van der Waals surface area (Å²) >= 11 is 6.01. The SMILES string of the molecule is CCn1ncnc1CC(NC)c1ccc(Cl)cc1OC. The van der Waals surface area contributed by atoms with E-state index in [1.165, 1.54) is 0 Å². The molecule has 5 nitrogen and oxygen atoms in total. The Kier molecular flexibility index (Phi) is 4.98. The first-order valence-electron chi connectivity index (χ1n) is 6.57. The smallest absolute Gasteiger partial charge is 0.138 e. The molecule has 2 rings (SSSR count). The predicted molar refractivity (Wildman–Crippen MR) is 79.2 cm³/mol. The molecule has 0 saturated carbocycles. The second kappa shape index (κ2) is 6.72. The van der Waals surface area contributed by atoms with Gasteiger partial charge in [-0.25, -0.2) is 4.98 Å². The number of ether oxygens (including phenoxy) is 1. The maximum absolute atomic E-state index is 6.01. The van der Waals surface area contributed by atoms with E-state index in [2.05, 4.69) is 22.3 Å². The highest BCUT2D eigenvalue weighted by Gasteiger charge is 2.18. The van der Waals surface area contributed by atoms with Gasteiger partial charge >= 0.3 is 0 Å². The van der Waals surface area contributed by atoms with Gasteiger partial charge in [-0.1, -0.05) is 17.7 Å². The lowest BCUT2D eigenvalue weighted by molar-refractivity contribution is 0.399. The summed E-state index contributed by atoms with van der Waals surface area (Å²) in [7, 11) is 3.57. The van der Waals surface area contributed by atoms with E-state index in [1.807, 2.05) is 29.9 Å². The molecule has 1 atom stereocenters. The minimum Gasteiger partial charge on any atom is -0.496 e. The van der Waals surface area contributed by atoms with Gasteiger partial charge in [0.15, 0.2) is 0 Å². The fourth-order valence-corrected chi connectivity index (χ4v) is 2.40. The minimum atomic E-state index is 0.0942. The molecule has 0 aliphatic heterocycles. The normalized spacial score (nSPS) is 12.4. The van der Waals surface area contributed by atoms with Crippen molar-refractivity contribution < 1.29 is 4.74 Å². The highest BCUT2D eigenvalue weighted by atomic mass is 35.5. The topological polar surface area (TPSA) is 52.0 Å². The number of rotatable bonds is 6. The van der Waals surface area contributed by atoms with Crippen molar-refractivity contribution in [3.63, 3.8) is 0 Å². The van der Waals surface area contributed by atoms with Crippen molar-refractivity contribution in [3.8, 4) is 5.75 Å². The van der Waals surface area contributed by atoms with Crippen LogP contribution in [0.4, 0.5) is 0 Å². The summed E-state index contributed by atoms with van der Waals surface area (Å²) < 4.78 is 7.31. The van der Waals surface area contributed by atoms with Gasteiger partial charge in [-0.15, -0.1) is 0 Å². The summed E-state index contributed by atoms with van der Waals surface area (Å²) in [6, 6.07) is 5.77. The molecule has 0 amide bonds. The van der Waals surface area contributed by atoms with Crippen LogP contribution < -0.4 is 10.1 Å². The fourth-order valence-electron chi connectivity index (χ4n) is 2.23. The molecule has 1 heterocycles. The maximum atomic E-state index is 6.01. The molecule has 2 aromatic rings. The van der Waals surface area contributed by atoms with Crippen LogP contribution in [0.25, 0.3) is 0 Å². The lowest BCUT2D eigenvalue weighted by Crippen LogP contribution is -2.21. The van der Waals surface area contributed by atoms with E-state index in [0.29, 0.717) is 5.02 Å². The van der Waals surface area contributed by atoms with Crippen LogP contribution in [0.2, 0.25) is 5.02 Å². The van der Waals surface area contributed by atoms with Crippen LogP contribution in [0.1, 0.15) is 24.4 Å². The molecule has 0 aliphatic rings. The van der Waals surface area contributed by atoms with E-state index in [1.54, 1.807) is 13.4 Å². The van der Waals surface area contributed by atoms with Gasteiger partial charge in [-0.05, 0) is 26.1 Å². The van der Waals surface area contributed by atoms with Crippen LogP contribution in [0, 0.1) is 0 Å². The molecule has 0 spiro atoms. The summed E-state index contributed by atoms with van der Waals surface area (Å²) in [6.45, 7) is 2.86. The predicted octanol–water partition coefficient (Wildman–Crippen LogP) is 2.46. The van der Waals surface area contributed by atoms with Gasteiger partial charge in [0.25, 0.3) is 0 Å². The fraction of sp³-hybridized carbons (Fsp3) is 0.429. The van der Waals surface area contributed by atoms with Crippen molar-refractivity contribution in [1.82, 2.24) is 20.1 Å². The summed E-state index contributed by atoms with van der Waals surface area (Å²) in [5, 5.41) is 8.16. The number of likely N-dealkylation sites (N-methyl/N-ethyl adjacent to an activating group) is 1. The Bertz CT molecular complexity index is 570. The lowest BCUT2D eigenvalue weighted by Gasteiger charge is -2.19. The van der Waals surface area contributed by atoms with Crippen molar-refractivity contribution in [2.24, 2.45) is 0 Å². The summed E-state index contributed by atoms with van der Waals surface area (Å²) in [6.07, 6.45) is 2.33. The molecule has 6 heteroatoms. The Hall–Kier alpha value is -1.59. The number of benzene rings is 1. The highest BCUT2D eigenvalue weighted by Crippen LogP contribution is 2.29. The van der Waals surface area contributed by atoms with Crippen molar-refractivity contribution in [2.45, 2.75) is 25.9 Å². The molecule has 0 bridgehead atoms. The standard InChI is InChI=1S/C14H19ClN4O/c1-4-19-14(17-9-18-19)8-12(16-2)11-6-5-10(15)7-13(11)20-3/h5-7,9,12,16H,4,8H2,1-3H3. The van der Waals surface area contributed by atoms with Crippen LogP contribution >= 0.6 is 11.6 Å². The number of halogens is 1. The number of nitrogens with one attached hydrogen (secondary N) is 1. The lowest BCUT2D eigenvalue weighted by atomic mass is 10.0. The highest BCUT2D eigenvalue weighted by molar-refractivity contribution is 6.30. The van der Waals surface area contributed by atoms with Gasteiger partial charge in [0, 0.05) is 29.6 Å². The van der Waals surface area contributed by atoms with Crippen LogP contribution in [-0.4, -0.2) is 28.9 Å². The van der Waals surface area contributed by atoms with Gasteiger partial charge in [-0.2, -0.15) is 5.10 Å². The zero-order chi connectivity index (χ0) is 14.5. The van der Waals surface area contributed by atoms with E-state index in [4.69, 9.17) is 16.3 Å². The number of aromatic nitrogens is 3. The van der Waals surface area contributed by atoms with Crippen LogP contribution in [-0.2, 0) is 13.0 Å². The third kappa shape index (κ3) is 3.11. The molecule has 0 fully saturated rings. The monoisotopic (exact) mass is 294 g/mol. The first kappa shape index (κ1) is 14.8. The van der Waals surface area contributed by atoms with Crippen molar-refractivity contribution in [2.75, 3.05) is 14.2 Å². The Labute approximate surface area is 123 Å². The number of methoxy groups -OCH3 is 1. The van der Waals surface area contributed by atoms with Crippen LogP contribution in [0.15, 0.2) is 24.5 Å². The number of aryl methyl sites for hydroxylation is 1. The average molecular weight is 295 g/mol. The molecule has 1 N–H and O–H groups in total. The first-order valence-corrected chi connectivity index (χ1v) is 6.94. The van der Waals surface area contributed by atoms with Crippen molar-refractivity contribution >= 4 is 11.6 Å². The van der Waals surface area contributed by atoms with Gasteiger partial charge in [0.2, 0.25) is 0 Å². The number of hydrogen-bond acceptors (Lipinski definition) is 4. The van der Waals surface area contributed by atoms with E-state index in [0.717, 1.165) is 30.1 Å². The van der Waals surface area contributed by atoms with E-state index < -0.39 is 0 Å². The molecule has 20 heavy (non-hydrogen) atoms. The first-order chi connectivity index (χ1) is 9.69. The van der Waals surface area contributed by atoms with Crippen LogP contribution in [0.3, 0.4) is 0 Å². The zero-order valence-electron chi connectivity index (χ0n) is 11.9. The summed E-state index contributed by atoms with van der Waals surface area (Å²) in [4.78, 5) is 4.32. The molecular formula is C14H19ClN4O. The average Bonchev–Trinajstić information content (AvgIpc) is 2.92. The Morgan fingerprint density at radius 1 is 1.45 bits per heavy atom. The quantitative estimate of drug-likeness (QED) is 0.889. The Morgan fingerprint density at radius 2 is 2.25 bits per heavy atom. The molecule has 1 unspecified atom stereocenters. The molecule has 0 radical (unpaired) electrons. The second-order valence-electron chi connectivity index (χ2n) is 4.42. The van der Waals surface area contributed by atoms with Gasteiger partial charge in [0.1, 0.15) is 17.9 Å². The number of nitrogens with zero attached hydrogens (tertiary/aromatic N) is 3. The van der Waals surface area contributed by atoms with E-state index in [-0.39, 0.29) is 6.04 Å². The zero-order valence-corrected chi connectivity index (χ0v) is 12.7. The molecular weight excluding hydrogens is 276 g/mol. The van der Waals surface area contributed by atoms with E-state index >= 15 is 0 Å². The van der Waals surface area contributed by atoms with Crippen molar-refractivity contribution in [1.29, 1.82) is 0 Å². The maximum Gasteiger partial charge on any atom is 0.138 e.